The summed E-state index contributed by atoms with van der Waals surface area (Å²) in [7, 11) is 0. The van der Waals surface area contributed by atoms with Crippen LogP contribution in [0.1, 0.15) is 32.1 Å². The highest BCUT2D eigenvalue weighted by Gasteiger charge is 2.33. The van der Waals surface area contributed by atoms with Crippen LogP contribution in [-0.2, 0) is 4.79 Å². The van der Waals surface area contributed by atoms with Gasteiger partial charge in [0, 0.05) is 18.9 Å². The number of benzene rings is 1. The van der Waals surface area contributed by atoms with Crippen molar-refractivity contribution in [2.45, 2.75) is 44.3 Å². The molecule has 2 aliphatic rings. The van der Waals surface area contributed by atoms with E-state index in [4.69, 9.17) is 4.74 Å². The minimum Gasteiger partial charge on any atom is -0.489 e. The summed E-state index contributed by atoms with van der Waals surface area (Å²) in [5.74, 6) is 1.22. The number of aliphatic hydroxyl groups is 1. The first-order chi connectivity index (χ1) is 10.2. The normalized spacial score (nSPS) is 29.4. The van der Waals surface area contributed by atoms with Crippen molar-refractivity contribution in [2.24, 2.45) is 5.92 Å². The van der Waals surface area contributed by atoms with Crippen LogP contribution in [0, 0.1) is 5.92 Å². The minimum atomic E-state index is -0.207. The number of carbonyl (C=O) groups is 1. The molecule has 3 rings (SSSR count). The lowest BCUT2D eigenvalue weighted by Crippen LogP contribution is -2.37. The maximum absolute atomic E-state index is 12.5. The second-order valence-electron chi connectivity index (χ2n) is 6.13. The lowest BCUT2D eigenvalue weighted by molar-refractivity contribution is -0.136. The van der Waals surface area contributed by atoms with Crippen LogP contribution in [0.4, 0.5) is 0 Å². The van der Waals surface area contributed by atoms with Gasteiger partial charge in [-0.2, -0.15) is 0 Å². The van der Waals surface area contributed by atoms with Gasteiger partial charge >= 0.3 is 0 Å². The minimum absolute atomic E-state index is 0.101. The average Bonchev–Trinajstić information content (AvgIpc) is 2.97. The lowest BCUT2D eigenvalue weighted by atomic mass is 9.86. The third-order valence-corrected chi connectivity index (χ3v) is 4.55. The van der Waals surface area contributed by atoms with Gasteiger partial charge in [0.05, 0.1) is 12.6 Å². The lowest BCUT2D eigenvalue weighted by Gasteiger charge is -2.28. The SMILES string of the molecule is O=C(C1CCC(O)CC1)N1CCC(Oc2ccccc2)C1. The average molecular weight is 289 g/mol. The Kier molecular flexibility index (Phi) is 4.44. The van der Waals surface area contributed by atoms with Gasteiger partial charge in [0.25, 0.3) is 0 Å². The first kappa shape index (κ1) is 14.4. The number of hydrogen-bond acceptors (Lipinski definition) is 3. The van der Waals surface area contributed by atoms with E-state index >= 15 is 0 Å². The molecule has 21 heavy (non-hydrogen) atoms. The summed E-state index contributed by atoms with van der Waals surface area (Å²) in [5, 5.41) is 9.54. The number of aliphatic hydroxyl groups excluding tert-OH is 1. The Morgan fingerprint density at radius 2 is 1.81 bits per heavy atom. The largest absolute Gasteiger partial charge is 0.489 e. The molecule has 1 saturated heterocycles. The Morgan fingerprint density at radius 1 is 1.10 bits per heavy atom. The molecule has 0 bridgehead atoms. The standard InChI is InChI=1S/C17H23NO3/c19-14-8-6-13(7-9-14)17(20)18-11-10-16(12-18)21-15-4-2-1-3-5-15/h1-5,13-14,16,19H,6-12H2. The van der Waals surface area contributed by atoms with Crippen molar-refractivity contribution in [3.05, 3.63) is 30.3 Å². The molecular weight excluding hydrogens is 266 g/mol. The van der Waals surface area contributed by atoms with Crippen molar-refractivity contribution in [2.75, 3.05) is 13.1 Å². The Balaban J connectivity index is 1.51. The molecule has 1 amide bonds. The predicted molar refractivity (Wildman–Crippen MR) is 80.0 cm³/mol. The van der Waals surface area contributed by atoms with E-state index in [2.05, 4.69) is 0 Å². The molecular formula is C17H23NO3. The summed E-state index contributed by atoms with van der Waals surface area (Å²) >= 11 is 0. The van der Waals surface area contributed by atoms with Crippen molar-refractivity contribution in [1.29, 1.82) is 0 Å². The van der Waals surface area contributed by atoms with Gasteiger partial charge in [-0.25, -0.2) is 0 Å². The van der Waals surface area contributed by atoms with Crippen LogP contribution >= 0.6 is 0 Å². The van der Waals surface area contributed by atoms with Crippen molar-refractivity contribution in [3.8, 4) is 5.75 Å². The van der Waals surface area contributed by atoms with E-state index in [9.17, 15) is 9.90 Å². The van der Waals surface area contributed by atoms with Gasteiger partial charge < -0.3 is 14.7 Å². The molecule has 4 heteroatoms. The van der Waals surface area contributed by atoms with E-state index in [1.54, 1.807) is 0 Å². The highest BCUT2D eigenvalue weighted by molar-refractivity contribution is 5.79. The third-order valence-electron chi connectivity index (χ3n) is 4.55. The fraction of sp³-hybridized carbons (Fsp3) is 0.588. The van der Waals surface area contributed by atoms with Crippen molar-refractivity contribution < 1.29 is 14.6 Å². The first-order valence-electron chi connectivity index (χ1n) is 7.91. The van der Waals surface area contributed by atoms with E-state index in [1.165, 1.54) is 0 Å². The zero-order valence-corrected chi connectivity index (χ0v) is 12.3. The van der Waals surface area contributed by atoms with Gasteiger partial charge in [-0.15, -0.1) is 0 Å². The highest BCUT2D eigenvalue weighted by atomic mass is 16.5. The number of hydrogen-bond donors (Lipinski definition) is 1. The zero-order chi connectivity index (χ0) is 14.7. The van der Waals surface area contributed by atoms with E-state index in [1.807, 2.05) is 35.2 Å². The summed E-state index contributed by atoms with van der Waals surface area (Å²) in [6, 6.07) is 9.79. The molecule has 1 heterocycles. The van der Waals surface area contributed by atoms with Gasteiger partial charge in [-0.05, 0) is 37.8 Å². The highest BCUT2D eigenvalue weighted by Crippen LogP contribution is 2.28. The molecule has 0 spiro atoms. The Bertz CT molecular complexity index is 468. The van der Waals surface area contributed by atoms with Crippen molar-refractivity contribution in [3.63, 3.8) is 0 Å². The number of amides is 1. The van der Waals surface area contributed by atoms with E-state index in [-0.39, 0.29) is 24.0 Å². The summed E-state index contributed by atoms with van der Waals surface area (Å²) in [6.07, 6.45) is 3.95. The quantitative estimate of drug-likeness (QED) is 0.928. The second-order valence-corrected chi connectivity index (χ2v) is 6.13. The van der Waals surface area contributed by atoms with Crippen LogP contribution in [0.3, 0.4) is 0 Å². The number of carbonyl (C=O) groups excluding carboxylic acids is 1. The summed E-state index contributed by atoms with van der Waals surface area (Å²) < 4.78 is 5.93. The second kappa shape index (κ2) is 6.48. The van der Waals surface area contributed by atoms with Crippen LogP contribution < -0.4 is 4.74 Å². The summed E-state index contributed by atoms with van der Waals surface area (Å²) in [4.78, 5) is 14.4. The molecule has 4 nitrogen and oxygen atoms in total. The molecule has 1 aromatic rings. The van der Waals surface area contributed by atoms with E-state index in [0.29, 0.717) is 6.54 Å². The maximum Gasteiger partial charge on any atom is 0.225 e. The summed E-state index contributed by atoms with van der Waals surface area (Å²) in [5.41, 5.74) is 0. The van der Waals surface area contributed by atoms with Crippen molar-refractivity contribution in [1.82, 2.24) is 4.90 Å². The topological polar surface area (TPSA) is 49.8 Å². The fourth-order valence-corrected chi connectivity index (χ4v) is 3.30. The monoisotopic (exact) mass is 289 g/mol. The molecule has 1 aliphatic carbocycles. The number of para-hydroxylation sites is 1. The summed E-state index contributed by atoms with van der Waals surface area (Å²) in [6.45, 7) is 1.47. The van der Waals surface area contributed by atoms with Gasteiger partial charge in [0.15, 0.2) is 0 Å². The number of ether oxygens (including phenoxy) is 1. The zero-order valence-electron chi connectivity index (χ0n) is 12.3. The van der Waals surface area contributed by atoms with Crippen LogP contribution in [-0.4, -0.2) is 41.2 Å². The third kappa shape index (κ3) is 3.56. The van der Waals surface area contributed by atoms with E-state index in [0.717, 1.165) is 44.4 Å². The molecule has 1 unspecified atom stereocenters. The fourth-order valence-electron chi connectivity index (χ4n) is 3.30. The van der Waals surface area contributed by atoms with Crippen LogP contribution in [0.15, 0.2) is 30.3 Å². The molecule has 114 valence electrons. The molecule has 1 aliphatic heterocycles. The molecule has 1 atom stereocenters. The van der Waals surface area contributed by atoms with E-state index < -0.39 is 0 Å². The predicted octanol–water partition coefficient (Wildman–Crippen LogP) is 2.22. The Hall–Kier alpha value is -1.55. The Morgan fingerprint density at radius 3 is 2.52 bits per heavy atom. The molecule has 2 fully saturated rings. The number of rotatable bonds is 3. The molecule has 0 radical (unpaired) electrons. The number of likely N-dealkylation sites (tertiary alicyclic amines) is 1. The van der Waals surface area contributed by atoms with Crippen LogP contribution in [0.2, 0.25) is 0 Å². The van der Waals surface area contributed by atoms with Gasteiger partial charge in [-0.1, -0.05) is 18.2 Å². The number of nitrogens with zero attached hydrogens (tertiary/aromatic N) is 1. The first-order valence-corrected chi connectivity index (χ1v) is 7.91. The molecule has 0 aromatic heterocycles. The van der Waals surface area contributed by atoms with Crippen LogP contribution in [0.5, 0.6) is 5.75 Å². The molecule has 1 aromatic carbocycles. The van der Waals surface area contributed by atoms with Gasteiger partial charge in [0.2, 0.25) is 5.91 Å². The van der Waals surface area contributed by atoms with Gasteiger partial charge in [-0.3, -0.25) is 4.79 Å². The van der Waals surface area contributed by atoms with Crippen LogP contribution in [0.25, 0.3) is 0 Å². The Labute approximate surface area is 125 Å². The smallest absolute Gasteiger partial charge is 0.225 e. The molecule has 1 N–H and O–H groups in total. The van der Waals surface area contributed by atoms with Gasteiger partial charge in [0.1, 0.15) is 11.9 Å². The molecule has 1 saturated carbocycles. The maximum atomic E-state index is 12.5. The van der Waals surface area contributed by atoms with Crippen molar-refractivity contribution >= 4 is 5.91 Å².